The third-order valence-corrected chi connectivity index (χ3v) is 4.37. The molecule has 0 unspecified atom stereocenters. The van der Waals surface area contributed by atoms with Crippen molar-refractivity contribution in [2.24, 2.45) is 5.92 Å². The topological polar surface area (TPSA) is 56.2 Å². The van der Waals surface area contributed by atoms with Gasteiger partial charge in [-0.2, -0.15) is 11.8 Å². The van der Waals surface area contributed by atoms with Crippen LogP contribution < -0.4 is 5.73 Å². The number of nitrogens with zero attached hydrogens (tertiary/aromatic N) is 3. The molecule has 5 heteroatoms. The summed E-state index contributed by atoms with van der Waals surface area (Å²) in [6.07, 6.45) is 5.60. The number of aromatic nitrogens is 3. The molecule has 0 amide bonds. The number of thioether (sulfide) groups is 1. The average molecular weight is 248 g/mol. The van der Waals surface area contributed by atoms with E-state index in [1.54, 1.807) is 0 Å². The van der Waals surface area contributed by atoms with Gasteiger partial charge in [0.25, 0.3) is 0 Å². The van der Waals surface area contributed by atoms with E-state index in [4.69, 9.17) is 5.73 Å². The van der Waals surface area contributed by atoms with Gasteiger partial charge in [-0.05, 0) is 36.3 Å². The van der Waals surface area contributed by atoms with Gasteiger partial charge in [-0.1, -0.05) is 0 Å². The molecule has 0 radical (unpaired) electrons. The van der Waals surface area contributed by atoms with Crippen LogP contribution in [0.5, 0.6) is 0 Å². The van der Waals surface area contributed by atoms with Crippen molar-refractivity contribution < 1.29 is 0 Å². The van der Waals surface area contributed by atoms with E-state index >= 15 is 0 Å². The first-order valence-corrected chi connectivity index (χ1v) is 7.15. The van der Waals surface area contributed by atoms with Crippen molar-refractivity contribution in [1.29, 1.82) is 0 Å². The normalized spacial score (nSPS) is 17.6. The Kier molecular flexibility index (Phi) is 2.93. The molecule has 17 heavy (non-hydrogen) atoms. The summed E-state index contributed by atoms with van der Waals surface area (Å²) in [5, 5.41) is 8.45. The number of nitrogen functional groups attached to an aromatic ring is 1. The second-order valence-electron chi connectivity index (χ2n) is 4.56. The number of hydrogen-bond donors (Lipinski definition) is 1. The molecule has 3 heterocycles. The van der Waals surface area contributed by atoms with Crippen LogP contribution in [0.15, 0.2) is 18.3 Å². The zero-order chi connectivity index (χ0) is 11.7. The Morgan fingerprint density at radius 3 is 3.00 bits per heavy atom. The van der Waals surface area contributed by atoms with Crippen LogP contribution in [-0.2, 0) is 6.42 Å². The quantitative estimate of drug-likeness (QED) is 0.883. The number of hydrogen-bond acceptors (Lipinski definition) is 4. The minimum absolute atomic E-state index is 0.741. The SMILES string of the molecule is Nc1ccn2c(CC3CCSCC3)nnc2c1. The van der Waals surface area contributed by atoms with Gasteiger partial charge in [-0.25, -0.2) is 0 Å². The fourth-order valence-electron chi connectivity index (χ4n) is 2.30. The van der Waals surface area contributed by atoms with Gasteiger partial charge in [0.1, 0.15) is 5.82 Å². The van der Waals surface area contributed by atoms with Crippen molar-refractivity contribution >= 4 is 23.1 Å². The summed E-state index contributed by atoms with van der Waals surface area (Å²) in [6, 6.07) is 3.77. The van der Waals surface area contributed by atoms with Gasteiger partial charge < -0.3 is 5.73 Å². The van der Waals surface area contributed by atoms with Crippen LogP contribution >= 0.6 is 11.8 Å². The molecule has 4 nitrogen and oxygen atoms in total. The van der Waals surface area contributed by atoms with Gasteiger partial charge in [0.05, 0.1) is 0 Å². The highest BCUT2D eigenvalue weighted by Gasteiger charge is 2.17. The molecule has 0 aromatic carbocycles. The lowest BCUT2D eigenvalue weighted by Crippen LogP contribution is -2.13. The molecule has 0 aliphatic carbocycles. The monoisotopic (exact) mass is 248 g/mol. The molecule has 3 rings (SSSR count). The molecule has 1 fully saturated rings. The Bertz CT molecular complexity index is 516. The van der Waals surface area contributed by atoms with E-state index in [0.29, 0.717) is 0 Å². The fourth-order valence-corrected chi connectivity index (χ4v) is 3.51. The highest BCUT2D eigenvalue weighted by atomic mass is 32.2. The Balaban J connectivity index is 1.84. The summed E-state index contributed by atoms with van der Waals surface area (Å²) in [5.74, 6) is 4.40. The Hall–Kier alpha value is -1.23. The van der Waals surface area contributed by atoms with Crippen LogP contribution in [0.4, 0.5) is 5.69 Å². The number of rotatable bonds is 2. The third-order valence-electron chi connectivity index (χ3n) is 3.32. The maximum absolute atomic E-state index is 5.73. The van der Waals surface area contributed by atoms with Crippen LogP contribution in [0, 0.1) is 5.92 Å². The summed E-state index contributed by atoms with van der Waals surface area (Å²) in [7, 11) is 0. The predicted octanol–water partition coefficient (Wildman–Crippen LogP) is 2.00. The fraction of sp³-hybridized carbons (Fsp3) is 0.500. The van der Waals surface area contributed by atoms with E-state index in [1.807, 2.05) is 18.3 Å². The first kappa shape index (κ1) is 10.9. The van der Waals surface area contributed by atoms with E-state index in [2.05, 4.69) is 26.4 Å². The van der Waals surface area contributed by atoms with Crippen molar-refractivity contribution in [2.45, 2.75) is 19.3 Å². The molecule has 2 aromatic rings. The number of pyridine rings is 1. The van der Waals surface area contributed by atoms with Crippen molar-refractivity contribution in [3.8, 4) is 0 Å². The van der Waals surface area contributed by atoms with Gasteiger partial charge in [0.15, 0.2) is 5.65 Å². The van der Waals surface area contributed by atoms with Crippen molar-refractivity contribution in [1.82, 2.24) is 14.6 Å². The minimum Gasteiger partial charge on any atom is -0.399 e. The van der Waals surface area contributed by atoms with Crippen molar-refractivity contribution in [2.75, 3.05) is 17.2 Å². The first-order valence-electron chi connectivity index (χ1n) is 6.00. The van der Waals surface area contributed by atoms with Gasteiger partial charge in [0, 0.05) is 24.4 Å². The molecule has 1 aliphatic heterocycles. The lowest BCUT2D eigenvalue weighted by Gasteiger charge is -2.20. The second-order valence-corrected chi connectivity index (χ2v) is 5.79. The second kappa shape index (κ2) is 4.56. The summed E-state index contributed by atoms with van der Waals surface area (Å²) >= 11 is 2.06. The molecule has 2 aromatic heterocycles. The summed E-state index contributed by atoms with van der Waals surface area (Å²) < 4.78 is 2.05. The van der Waals surface area contributed by atoms with E-state index in [1.165, 1.54) is 24.3 Å². The molecule has 1 saturated heterocycles. The standard InChI is InChI=1S/C12H16N4S/c13-10-1-4-16-11(14-15-12(16)8-10)7-9-2-5-17-6-3-9/h1,4,8-9H,2-3,5-7,13H2. The summed E-state index contributed by atoms with van der Waals surface area (Å²) in [5.41, 5.74) is 7.33. The Labute approximate surface area is 105 Å². The number of nitrogens with two attached hydrogens (primary N) is 1. The summed E-state index contributed by atoms with van der Waals surface area (Å²) in [4.78, 5) is 0. The highest BCUT2D eigenvalue weighted by molar-refractivity contribution is 7.99. The number of anilines is 1. The Morgan fingerprint density at radius 1 is 1.35 bits per heavy atom. The van der Waals surface area contributed by atoms with Crippen LogP contribution in [0.3, 0.4) is 0 Å². The van der Waals surface area contributed by atoms with E-state index in [0.717, 1.165) is 29.5 Å². The van der Waals surface area contributed by atoms with Gasteiger partial charge >= 0.3 is 0 Å². The minimum atomic E-state index is 0.741. The van der Waals surface area contributed by atoms with Crippen LogP contribution in [0.2, 0.25) is 0 Å². The molecule has 90 valence electrons. The maximum Gasteiger partial charge on any atom is 0.162 e. The molecular weight excluding hydrogens is 232 g/mol. The lowest BCUT2D eigenvalue weighted by molar-refractivity contribution is 0.474. The smallest absolute Gasteiger partial charge is 0.162 e. The zero-order valence-electron chi connectivity index (χ0n) is 9.67. The zero-order valence-corrected chi connectivity index (χ0v) is 10.5. The predicted molar refractivity (Wildman–Crippen MR) is 71.2 cm³/mol. The van der Waals surface area contributed by atoms with Crippen LogP contribution in [0.1, 0.15) is 18.7 Å². The largest absolute Gasteiger partial charge is 0.399 e. The Morgan fingerprint density at radius 2 is 2.18 bits per heavy atom. The maximum atomic E-state index is 5.73. The molecule has 0 saturated carbocycles. The highest BCUT2D eigenvalue weighted by Crippen LogP contribution is 2.25. The molecule has 2 N–H and O–H groups in total. The molecule has 1 aliphatic rings. The van der Waals surface area contributed by atoms with E-state index < -0.39 is 0 Å². The lowest BCUT2D eigenvalue weighted by atomic mass is 9.98. The van der Waals surface area contributed by atoms with Gasteiger partial charge in [-0.3, -0.25) is 4.40 Å². The molecule has 0 atom stereocenters. The molecule has 0 bridgehead atoms. The van der Waals surface area contributed by atoms with Crippen LogP contribution in [0.25, 0.3) is 5.65 Å². The molecular formula is C12H16N4S. The number of fused-ring (bicyclic) bond motifs is 1. The third kappa shape index (κ3) is 2.24. The van der Waals surface area contributed by atoms with E-state index in [-0.39, 0.29) is 0 Å². The molecule has 0 spiro atoms. The van der Waals surface area contributed by atoms with Gasteiger partial charge in [-0.15, -0.1) is 10.2 Å². The first-order chi connectivity index (χ1) is 8.33. The van der Waals surface area contributed by atoms with Gasteiger partial charge in [0.2, 0.25) is 0 Å². The summed E-state index contributed by atoms with van der Waals surface area (Å²) in [6.45, 7) is 0. The van der Waals surface area contributed by atoms with Crippen molar-refractivity contribution in [3.63, 3.8) is 0 Å². The van der Waals surface area contributed by atoms with E-state index in [9.17, 15) is 0 Å². The van der Waals surface area contributed by atoms with Crippen LogP contribution in [-0.4, -0.2) is 26.1 Å². The van der Waals surface area contributed by atoms with Crippen molar-refractivity contribution in [3.05, 3.63) is 24.2 Å². The average Bonchev–Trinajstić information content (AvgIpc) is 2.73.